The van der Waals surface area contributed by atoms with E-state index in [1.54, 1.807) is 19.0 Å². The van der Waals surface area contributed by atoms with Crippen molar-refractivity contribution < 1.29 is 4.79 Å². The molecule has 1 aromatic heterocycles. The number of benzene rings is 1. The molecule has 1 amide bonds. The average Bonchev–Trinajstić information content (AvgIpc) is 2.97. The van der Waals surface area contributed by atoms with E-state index in [4.69, 9.17) is 0 Å². The van der Waals surface area contributed by atoms with Gasteiger partial charge in [-0.1, -0.05) is 25.5 Å². The van der Waals surface area contributed by atoms with Crippen LogP contribution in [0, 0.1) is 6.92 Å². The van der Waals surface area contributed by atoms with E-state index < -0.39 is 0 Å². The predicted molar refractivity (Wildman–Crippen MR) is 126 cm³/mol. The Kier molecular flexibility index (Phi) is 10.9. The molecule has 1 aromatic carbocycles. The van der Waals surface area contributed by atoms with Gasteiger partial charge >= 0.3 is 0 Å². The minimum Gasteiger partial charge on any atom is -0.356 e. The first-order valence-electron chi connectivity index (χ1n) is 9.67. The molecule has 0 radical (unpaired) electrons. The van der Waals surface area contributed by atoms with Gasteiger partial charge in [0.2, 0.25) is 5.91 Å². The summed E-state index contributed by atoms with van der Waals surface area (Å²) in [6.07, 6.45) is 3.13. The summed E-state index contributed by atoms with van der Waals surface area (Å²) in [5, 5.41) is 6.64. The number of para-hydroxylation sites is 2. The number of aryl methyl sites for hydroxylation is 2. The van der Waals surface area contributed by atoms with Crippen molar-refractivity contribution in [1.29, 1.82) is 0 Å². The zero-order valence-electron chi connectivity index (χ0n) is 17.4. The first kappa shape index (κ1) is 24.2. The fourth-order valence-electron chi connectivity index (χ4n) is 2.77. The molecule has 0 unspecified atom stereocenters. The van der Waals surface area contributed by atoms with Gasteiger partial charge in [-0.2, -0.15) is 0 Å². The van der Waals surface area contributed by atoms with Gasteiger partial charge in [0.25, 0.3) is 0 Å². The second kappa shape index (κ2) is 12.6. The van der Waals surface area contributed by atoms with E-state index in [1.165, 1.54) is 5.52 Å². The molecule has 156 valence electrons. The number of carbonyl (C=O) groups excluding carboxylic acids is 1. The summed E-state index contributed by atoms with van der Waals surface area (Å²) in [6.45, 7) is 6.86. The van der Waals surface area contributed by atoms with Crippen LogP contribution >= 0.6 is 24.0 Å². The lowest BCUT2D eigenvalue weighted by Gasteiger charge is -2.14. The Balaban J connectivity index is 0.00000392. The molecule has 0 aliphatic carbocycles. The Hall–Kier alpha value is -1.84. The average molecular weight is 500 g/mol. The van der Waals surface area contributed by atoms with E-state index in [0.29, 0.717) is 5.96 Å². The van der Waals surface area contributed by atoms with E-state index in [1.807, 2.05) is 25.1 Å². The van der Waals surface area contributed by atoms with Crippen LogP contribution in [0.2, 0.25) is 0 Å². The Labute approximate surface area is 185 Å². The van der Waals surface area contributed by atoms with Gasteiger partial charge in [0.15, 0.2) is 5.96 Å². The topological polar surface area (TPSA) is 74.6 Å². The van der Waals surface area contributed by atoms with Crippen molar-refractivity contribution in [2.75, 3.05) is 33.7 Å². The molecule has 2 rings (SSSR count). The summed E-state index contributed by atoms with van der Waals surface area (Å²) in [4.78, 5) is 22.3. The molecule has 0 aliphatic heterocycles. The quantitative estimate of drug-likeness (QED) is 0.241. The summed E-state index contributed by atoms with van der Waals surface area (Å²) in [5.41, 5.74) is 2.20. The Morgan fingerprint density at radius 3 is 2.54 bits per heavy atom. The lowest BCUT2D eigenvalue weighted by molar-refractivity contribution is -0.127. The first-order chi connectivity index (χ1) is 13.0. The maximum atomic E-state index is 11.8. The smallest absolute Gasteiger partial charge is 0.243 e. The second-order valence-electron chi connectivity index (χ2n) is 6.81. The van der Waals surface area contributed by atoms with Crippen LogP contribution in [0.25, 0.3) is 11.0 Å². The number of guanidine groups is 1. The van der Waals surface area contributed by atoms with Crippen LogP contribution in [0.15, 0.2) is 29.3 Å². The molecule has 0 saturated heterocycles. The van der Waals surface area contributed by atoms with Crippen LogP contribution in [-0.4, -0.2) is 60.0 Å². The molecule has 28 heavy (non-hydrogen) atoms. The van der Waals surface area contributed by atoms with Gasteiger partial charge in [-0.15, -0.1) is 24.0 Å². The number of unbranched alkanes of at least 4 members (excludes halogenated alkanes) is 1. The standard InChI is InChI=1S/C20H32N6O.HI/c1-5-6-12-21-20(23-15-19(27)25(3)4)22-13-9-14-26-16(2)24-17-10-7-8-11-18(17)26;/h7-8,10-11H,5-6,9,12-15H2,1-4H3,(H2,21,22,23);1H. The molecular formula is C20H33IN6O. The highest BCUT2D eigenvalue weighted by Crippen LogP contribution is 2.15. The van der Waals surface area contributed by atoms with Crippen molar-refractivity contribution in [2.45, 2.75) is 39.7 Å². The molecule has 0 saturated carbocycles. The van der Waals surface area contributed by atoms with Gasteiger partial charge in [0.05, 0.1) is 11.0 Å². The summed E-state index contributed by atoms with van der Waals surface area (Å²) in [6, 6.07) is 8.21. The van der Waals surface area contributed by atoms with Gasteiger partial charge in [-0.05, 0) is 31.9 Å². The number of nitrogens with zero attached hydrogens (tertiary/aromatic N) is 4. The lowest BCUT2D eigenvalue weighted by atomic mass is 10.3. The van der Waals surface area contributed by atoms with Crippen molar-refractivity contribution in [2.24, 2.45) is 4.99 Å². The van der Waals surface area contributed by atoms with Crippen LogP contribution < -0.4 is 10.6 Å². The summed E-state index contributed by atoms with van der Waals surface area (Å²) < 4.78 is 2.24. The zero-order valence-corrected chi connectivity index (χ0v) is 19.7. The van der Waals surface area contributed by atoms with Gasteiger partial charge in [0.1, 0.15) is 12.4 Å². The van der Waals surface area contributed by atoms with Crippen molar-refractivity contribution in [3.63, 3.8) is 0 Å². The number of fused-ring (bicyclic) bond motifs is 1. The Bertz CT molecular complexity index is 771. The Morgan fingerprint density at radius 1 is 1.18 bits per heavy atom. The van der Waals surface area contributed by atoms with Gasteiger partial charge in [-0.25, -0.2) is 9.98 Å². The third kappa shape index (κ3) is 7.29. The van der Waals surface area contributed by atoms with Crippen molar-refractivity contribution in [1.82, 2.24) is 25.1 Å². The lowest BCUT2D eigenvalue weighted by Crippen LogP contribution is -2.39. The highest BCUT2D eigenvalue weighted by atomic mass is 127. The molecule has 8 heteroatoms. The molecule has 0 spiro atoms. The number of aromatic nitrogens is 2. The largest absolute Gasteiger partial charge is 0.356 e. The third-order valence-corrected chi connectivity index (χ3v) is 4.39. The molecule has 7 nitrogen and oxygen atoms in total. The highest BCUT2D eigenvalue weighted by Gasteiger charge is 2.07. The van der Waals surface area contributed by atoms with Crippen LogP contribution in [0.3, 0.4) is 0 Å². The predicted octanol–water partition coefficient (Wildman–Crippen LogP) is 2.78. The molecule has 0 fully saturated rings. The van der Waals surface area contributed by atoms with Gasteiger partial charge < -0.3 is 20.1 Å². The Morgan fingerprint density at radius 2 is 1.86 bits per heavy atom. The fraction of sp³-hybridized carbons (Fsp3) is 0.550. The minimum absolute atomic E-state index is 0. The molecule has 2 N–H and O–H groups in total. The summed E-state index contributed by atoms with van der Waals surface area (Å²) in [5.74, 6) is 1.72. The number of likely N-dealkylation sites (N-methyl/N-ethyl adjacent to an activating group) is 1. The molecule has 0 atom stereocenters. The van der Waals surface area contributed by atoms with Gasteiger partial charge in [-0.3, -0.25) is 4.79 Å². The van der Waals surface area contributed by atoms with E-state index in [2.05, 4.69) is 38.2 Å². The molecular weight excluding hydrogens is 467 g/mol. The number of hydrogen-bond donors (Lipinski definition) is 2. The summed E-state index contributed by atoms with van der Waals surface area (Å²) in [7, 11) is 3.49. The number of carbonyl (C=O) groups is 1. The number of aliphatic imine (C=N–C) groups is 1. The number of hydrogen-bond acceptors (Lipinski definition) is 3. The van der Waals surface area contributed by atoms with Crippen LogP contribution in [0.4, 0.5) is 0 Å². The first-order valence-corrected chi connectivity index (χ1v) is 9.67. The SMILES string of the molecule is CCCCNC(=NCC(=O)N(C)C)NCCCn1c(C)nc2ccccc21.I. The zero-order chi connectivity index (χ0) is 19.6. The maximum Gasteiger partial charge on any atom is 0.243 e. The number of amides is 1. The monoisotopic (exact) mass is 500 g/mol. The number of imidazole rings is 1. The van der Waals surface area contributed by atoms with Gasteiger partial charge in [0, 0.05) is 33.7 Å². The minimum atomic E-state index is -0.00731. The third-order valence-electron chi connectivity index (χ3n) is 4.39. The van der Waals surface area contributed by atoms with Crippen molar-refractivity contribution in [3.8, 4) is 0 Å². The molecule has 2 aromatic rings. The molecule has 0 bridgehead atoms. The van der Waals surface area contributed by atoms with Crippen LogP contribution in [0.1, 0.15) is 32.0 Å². The normalized spacial score (nSPS) is 11.2. The summed E-state index contributed by atoms with van der Waals surface area (Å²) >= 11 is 0. The van der Waals surface area contributed by atoms with E-state index in [9.17, 15) is 4.79 Å². The van der Waals surface area contributed by atoms with Crippen LogP contribution in [-0.2, 0) is 11.3 Å². The van der Waals surface area contributed by atoms with E-state index in [0.717, 1.165) is 50.2 Å². The second-order valence-corrected chi connectivity index (χ2v) is 6.81. The number of halogens is 1. The fourth-order valence-corrected chi connectivity index (χ4v) is 2.77. The van der Waals surface area contributed by atoms with Crippen molar-refractivity contribution >= 4 is 46.9 Å². The van der Waals surface area contributed by atoms with Crippen LogP contribution in [0.5, 0.6) is 0 Å². The van der Waals surface area contributed by atoms with E-state index in [-0.39, 0.29) is 36.4 Å². The number of nitrogens with one attached hydrogen (secondary N) is 2. The highest BCUT2D eigenvalue weighted by molar-refractivity contribution is 14.0. The van der Waals surface area contributed by atoms with Crippen molar-refractivity contribution in [3.05, 3.63) is 30.1 Å². The number of rotatable bonds is 9. The molecule has 0 aliphatic rings. The maximum absolute atomic E-state index is 11.8. The molecule has 1 heterocycles. The van der Waals surface area contributed by atoms with E-state index >= 15 is 0 Å².